The van der Waals surface area contributed by atoms with Crippen molar-refractivity contribution < 1.29 is 5.11 Å². The zero-order valence-electron chi connectivity index (χ0n) is 23.4. The topological polar surface area (TPSA) is 61.6 Å². The highest BCUT2D eigenvalue weighted by molar-refractivity contribution is 5.82. The minimum atomic E-state index is 0.0657. The highest BCUT2D eigenvalue weighted by atomic mass is 16.3. The number of hydrogen-bond acceptors (Lipinski definition) is 5. The first-order valence-corrected chi connectivity index (χ1v) is 14.4. The van der Waals surface area contributed by atoms with E-state index < -0.39 is 0 Å². The van der Waals surface area contributed by atoms with E-state index in [1.807, 2.05) is 34.9 Å². The van der Waals surface area contributed by atoms with Gasteiger partial charge in [0.25, 0.3) is 5.56 Å². The van der Waals surface area contributed by atoms with Crippen LogP contribution in [-0.2, 0) is 6.54 Å². The molecular formula is C32H42N4O2. The number of aromatic hydroxyl groups is 1. The van der Waals surface area contributed by atoms with Crippen molar-refractivity contribution in [2.75, 3.05) is 31.1 Å². The first kappa shape index (κ1) is 26.5. The molecule has 38 heavy (non-hydrogen) atoms. The van der Waals surface area contributed by atoms with Crippen molar-refractivity contribution in [3.63, 3.8) is 0 Å². The second kappa shape index (κ2) is 11.3. The van der Waals surface area contributed by atoms with E-state index in [-0.39, 0.29) is 11.6 Å². The molecule has 5 rings (SSSR count). The van der Waals surface area contributed by atoms with Crippen molar-refractivity contribution in [3.05, 3.63) is 70.3 Å². The van der Waals surface area contributed by atoms with Crippen LogP contribution in [0.3, 0.4) is 0 Å². The Bertz CT molecular complexity index is 1370. The number of anilines is 1. The Morgan fingerprint density at radius 2 is 1.84 bits per heavy atom. The van der Waals surface area contributed by atoms with Crippen molar-refractivity contribution in [2.24, 2.45) is 11.8 Å². The third kappa shape index (κ3) is 5.24. The van der Waals surface area contributed by atoms with Gasteiger partial charge in [-0.1, -0.05) is 51.5 Å². The summed E-state index contributed by atoms with van der Waals surface area (Å²) >= 11 is 0. The average molecular weight is 515 g/mol. The SMILES string of the molecule is CCCC(c1nc2ccc(N3CC=C(c4ccccc4O)CC3)cc2c(=O)n1CC)N1C[C@H](C)C[C@H](C)C1. The van der Waals surface area contributed by atoms with Crippen LogP contribution in [0, 0.1) is 11.8 Å². The summed E-state index contributed by atoms with van der Waals surface area (Å²) < 4.78 is 1.92. The van der Waals surface area contributed by atoms with Crippen LogP contribution < -0.4 is 10.5 Å². The number of hydrogen-bond donors (Lipinski definition) is 1. The molecule has 1 fully saturated rings. The van der Waals surface area contributed by atoms with Gasteiger partial charge < -0.3 is 10.0 Å². The van der Waals surface area contributed by atoms with Crippen LogP contribution in [0.25, 0.3) is 16.5 Å². The third-order valence-electron chi connectivity index (χ3n) is 8.31. The van der Waals surface area contributed by atoms with E-state index >= 15 is 0 Å². The fourth-order valence-electron chi connectivity index (χ4n) is 6.59. The molecule has 1 aromatic heterocycles. The van der Waals surface area contributed by atoms with Crippen molar-refractivity contribution >= 4 is 22.2 Å². The molecule has 1 N–H and O–H groups in total. The number of likely N-dealkylation sites (tertiary alicyclic amines) is 1. The number of rotatable bonds is 7. The van der Waals surface area contributed by atoms with Gasteiger partial charge in [0, 0.05) is 44.0 Å². The zero-order chi connectivity index (χ0) is 26.8. The van der Waals surface area contributed by atoms with Gasteiger partial charge in [0.15, 0.2) is 0 Å². The largest absolute Gasteiger partial charge is 0.507 e. The number of nitrogens with zero attached hydrogens (tertiary/aromatic N) is 4. The second-order valence-corrected chi connectivity index (χ2v) is 11.4. The Morgan fingerprint density at radius 3 is 2.50 bits per heavy atom. The summed E-state index contributed by atoms with van der Waals surface area (Å²) in [6, 6.07) is 13.9. The van der Waals surface area contributed by atoms with Crippen LogP contribution in [-0.4, -0.2) is 45.7 Å². The summed E-state index contributed by atoms with van der Waals surface area (Å²) in [5, 5.41) is 10.9. The molecule has 0 spiro atoms. The molecule has 2 aliphatic rings. The monoisotopic (exact) mass is 514 g/mol. The number of phenols is 1. The Kier molecular flexibility index (Phi) is 7.89. The number of piperidine rings is 1. The van der Waals surface area contributed by atoms with Crippen molar-refractivity contribution in [2.45, 2.75) is 66.0 Å². The van der Waals surface area contributed by atoms with E-state index in [4.69, 9.17) is 4.98 Å². The molecule has 0 aliphatic carbocycles. The lowest BCUT2D eigenvalue weighted by molar-refractivity contribution is 0.0836. The molecular weight excluding hydrogens is 472 g/mol. The predicted octanol–water partition coefficient (Wildman–Crippen LogP) is 6.23. The molecule has 6 heteroatoms. The van der Waals surface area contributed by atoms with Gasteiger partial charge in [-0.05, 0) is 67.9 Å². The van der Waals surface area contributed by atoms with Crippen molar-refractivity contribution in [3.8, 4) is 5.75 Å². The quantitative estimate of drug-likeness (QED) is 0.405. The van der Waals surface area contributed by atoms with E-state index in [0.717, 1.165) is 68.0 Å². The van der Waals surface area contributed by atoms with E-state index in [0.29, 0.717) is 29.5 Å². The highest BCUT2D eigenvalue weighted by Crippen LogP contribution is 2.33. The molecule has 0 saturated carbocycles. The van der Waals surface area contributed by atoms with Crippen LogP contribution >= 0.6 is 0 Å². The number of fused-ring (bicyclic) bond motifs is 1. The van der Waals surface area contributed by atoms with Gasteiger partial charge in [-0.15, -0.1) is 0 Å². The smallest absolute Gasteiger partial charge is 0.261 e. The normalized spacial score (nSPS) is 21.5. The number of para-hydroxylation sites is 1. The minimum absolute atomic E-state index is 0.0657. The van der Waals surface area contributed by atoms with Gasteiger partial charge in [0.2, 0.25) is 0 Å². The molecule has 0 radical (unpaired) electrons. The van der Waals surface area contributed by atoms with Gasteiger partial charge in [0.05, 0.1) is 16.9 Å². The number of benzene rings is 2. The lowest BCUT2D eigenvalue weighted by atomic mass is 9.90. The Morgan fingerprint density at radius 1 is 1.08 bits per heavy atom. The standard InChI is InChI=1S/C32H42N4O2/c1-5-9-29(35-20-22(3)18-23(4)21-35)31-33-28-13-12-25(19-27(28)32(38)36(31)6-2)34-16-14-24(15-17-34)26-10-7-8-11-30(26)37/h7-8,10-14,19,22-23,29,37H,5-6,9,15-18,20-21H2,1-4H3/t22-,23+,29?. The third-order valence-corrected chi connectivity index (χ3v) is 8.31. The highest BCUT2D eigenvalue weighted by Gasteiger charge is 2.31. The summed E-state index contributed by atoms with van der Waals surface area (Å²) in [6.07, 6.45) is 6.37. The lowest BCUT2D eigenvalue weighted by Crippen LogP contribution is -2.43. The maximum atomic E-state index is 13.9. The maximum absolute atomic E-state index is 13.9. The lowest BCUT2D eigenvalue weighted by Gasteiger charge is -2.40. The molecule has 0 bridgehead atoms. The summed E-state index contributed by atoms with van der Waals surface area (Å²) in [4.78, 5) is 23.9. The average Bonchev–Trinajstić information content (AvgIpc) is 2.91. The molecule has 6 nitrogen and oxygen atoms in total. The van der Waals surface area contributed by atoms with Gasteiger partial charge in [-0.2, -0.15) is 0 Å². The predicted molar refractivity (Wildman–Crippen MR) is 157 cm³/mol. The Balaban J connectivity index is 1.47. The zero-order valence-corrected chi connectivity index (χ0v) is 23.4. The summed E-state index contributed by atoms with van der Waals surface area (Å²) in [6.45, 7) is 13.3. The van der Waals surface area contributed by atoms with Crippen molar-refractivity contribution in [1.82, 2.24) is 14.5 Å². The molecule has 0 amide bonds. The maximum Gasteiger partial charge on any atom is 0.261 e. The first-order chi connectivity index (χ1) is 18.4. The van der Waals surface area contributed by atoms with Gasteiger partial charge in [0.1, 0.15) is 11.6 Å². The summed E-state index contributed by atoms with van der Waals surface area (Å²) in [7, 11) is 0. The first-order valence-electron chi connectivity index (χ1n) is 14.4. The van der Waals surface area contributed by atoms with Crippen LogP contribution in [0.15, 0.2) is 53.3 Å². The second-order valence-electron chi connectivity index (χ2n) is 11.4. The molecule has 2 aliphatic heterocycles. The Labute approximate surface area is 226 Å². The fraction of sp³-hybridized carbons (Fsp3) is 0.500. The molecule has 3 heterocycles. The summed E-state index contributed by atoms with van der Waals surface area (Å²) in [5.41, 5.74) is 3.98. The van der Waals surface area contributed by atoms with Gasteiger partial charge >= 0.3 is 0 Å². The molecule has 3 aromatic rings. The van der Waals surface area contributed by atoms with E-state index in [1.165, 1.54) is 12.0 Å². The van der Waals surface area contributed by atoms with E-state index in [2.05, 4.69) is 49.6 Å². The molecule has 1 saturated heterocycles. The molecule has 3 atom stereocenters. The fourth-order valence-corrected chi connectivity index (χ4v) is 6.59. The molecule has 1 unspecified atom stereocenters. The number of aromatic nitrogens is 2. The van der Waals surface area contributed by atoms with Crippen LogP contribution in [0.2, 0.25) is 0 Å². The Hall–Kier alpha value is -3.12. The van der Waals surface area contributed by atoms with E-state index in [1.54, 1.807) is 6.07 Å². The minimum Gasteiger partial charge on any atom is -0.507 e. The van der Waals surface area contributed by atoms with E-state index in [9.17, 15) is 9.90 Å². The molecule has 2 aromatic carbocycles. The summed E-state index contributed by atoms with van der Waals surface area (Å²) in [5.74, 6) is 2.57. The van der Waals surface area contributed by atoms with Crippen molar-refractivity contribution in [1.29, 1.82) is 0 Å². The van der Waals surface area contributed by atoms with Crippen LogP contribution in [0.1, 0.15) is 70.8 Å². The number of phenolic OH excluding ortho intramolecular Hbond substituents is 1. The molecule has 202 valence electrons. The van der Waals surface area contributed by atoms with Gasteiger partial charge in [-0.25, -0.2) is 4.98 Å². The van der Waals surface area contributed by atoms with Crippen LogP contribution in [0.5, 0.6) is 5.75 Å². The van der Waals surface area contributed by atoms with Crippen LogP contribution in [0.4, 0.5) is 5.69 Å². The van der Waals surface area contributed by atoms with Gasteiger partial charge in [-0.3, -0.25) is 14.3 Å².